The van der Waals surface area contributed by atoms with Gasteiger partial charge in [0.05, 0.1) is 16.6 Å². The second-order valence-electron chi connectivity index (χ2n) is 12.5. The topological polar surface area (TPSA) is 250 Å². The number of aromatic nitrogens is 5. The second kappa shape index (κ2) is 15.7. The van der Waals surface area contributed by atoms with Gasteiger partial charge in [0.15, 0.2) is 0 Å². The number of piperidine rings is 1. The molecule has 0 spiro atoms. The molecule has 1 atom stereocenters. The van der Waals surface area contributed by atoms with Gasteiger partial charge in [-0.1, -0.05) is 23.7 Å². The zero-order valence-corrected chi connectivity index (χ0v) is 30.0. The molecule has 3 heterocycles. The normalized spacial score (nSPS) is 13.9. The molecule has 0 aliphatic carbocycles. The summed E-state index contributed by atoms with van der Waals surface area (Å²) in [5.41, 5.74) is 2.23. The Bertz CT molecular complexity index is 2340. The van der Waals surface area contributed by atoms with Crippen LogP contribution in [0.1, 0.15) is 28.9 Å². The monoisotopic (exact) mass is 776 g/mol. The molecule has 6 rings (SSSR count). The molecular weight excluding hydrogens is 744 g/mol. The Hall–Kier alpha value is -6.34. The first-order valence-corrected chi connectivity index (χ1v) is 18.7. The number of tetrazole rings is 1. The maximum absolute atomic E-state index is 13.7. The fraction of sp³-hybridized carbons (Fsp3) is 0.235. The van der Waals surface area contributed by atoms with Crippen molar-refractivity contribution in [2.45, 2.75) is 30.6 Å². The smallest absolute Gasteiger partial charge is 0.352 e. The number of halogens is 1. The number of aromatic amines is 1. The Morgan fingerprint density at radius 1 is 0.926 bits per heavy atom. The molecule has 280 valence electrons. The van der Waals surface area contributed by atoms with Crippen molar-refractivity contribution in [3.63, 3.8) is 0 Å². The number of benzene rings is 3. The van der Waals surface area contributed by atoms with Crippen LogP contribution in [0.2, 0.25) is 5.02 Å². The van der Waals surface area contributed by atoms with Gasteiger partial charge in [0, 0.05) is 53.1 Å². The number of H-pyrrole nitrogens is 1. The van der Waals surface area contributed by atoms with E-state index < -0.39 is 44.8 Å². The zero-order valence-electron chi connectivity index (χ0n) is 28.4. The van der Waals surface area contributed by atoms with Crippen LogP contribution in [0.3, 0.4) is 0 Å². The Balaban J connectivity index is 1.17. The van der Waals surface area contributed by atoms with Crippen molar-refractivity contribution in [1.29, 1.82) is 0 Å². The summed E-state index contributed by atoms with van der Waals surface area (Å²) in [4.78, 5) is 68.8. The lowest BCUT2D eigenvalue weighted by Crippen LogP contribution is -2.49. The number of carbonyl (C=O) groups excluding carboxylic acids is 4. The molecule has 5 aromatic rings. The van der Waals surface area contributed by atoms with Crippen molar-refractivity contribution in [2.24, 2.45) is 0 Å². The fourth-order valence-electron chi connectivity index (χ4n) is 5.90. The lowest BCUT2D eigenvalue weighted by molar-refractivity contribution is -0.137. The van der Waals surface area contributed by atoms with E-state index in [0.717, 1.165) is 0 Å². The van der Waals surface area contributed by atoms with Crippen LogP contribution in [0.5, 0.6) is 0 Å². The van der Waals surface area contributed by atoms with Gasteiger partial charge in [0.1, 0.15) is 27.9 Å². The third kappa shape index (κ3) is 8.99. The average molecular weight is 777 g/mol. The highest BCUT2D eigenvalue weighted by Crippen LogP contribution is 2.25. The first-order chi connectivity index (χ1) is 25.7. The Morgan fingerprint density at radius 3 is 2.31 bits per heavy atom. The van der Waals surface area contributed by atoms with E-state index in [1.165, 1.54) is 35.5 Å². The number of aromatic carboxylic acids is 1. The van der Waals surface area contributed by atoms with Crippen LogP contribution in [0, 0.1) is 0 Å². The number of carboxylic acid groups (broad SMARTS) is 1. The zero-order chi connectivity index (χ0) is 38.6. The number of hydrogen-bond donors (Lipinski definition) is 6. The van der Waals surface area contributed by atoms with Crippen molar-refractivity contribution in [2.75, 3.05) is 35.3 Å². The van der Waals surface area contributed by atoms with E-state index in [2.05, 4.69) is 41.8 Å². The number of fused-ring (bicyclic) bond motifs is 1. The highest BCUT2D eigenvalue weighted by Gasteiger charge is 2.29. The number of likely N-dealkylation sites (tertiary alicyclic amines) is 1. The Labute approximate surface area is 312 Å². The van der Waals surface area contributed by atoms with E-state index in [1.54, 1.807) is 53.4 Å². The molecular formula is C34H33ClN10O8S. The number of urea groups is 1. The summed E-state index contributed by atoms with van der Waals surface area (Å²) in [5.74, 6) is -4.09. The molecule has 1 aliphatic heterocycles. The summed E-state index contributed by atoms with van der Waals surface area (Å²) in [6, 6.07) is 15.4. The number of nitrogens with zero attached hydrogens (tertiary/aromatic N) is 5. The quantitative estimate of drug-likeness (QED) is 0.113. The molecule has 1 fully saturated rings. The van der Waals surface area contributed by atoms with Crippen LogP contribution in [-0.4, -0.2) is 104 Å². The van der Waals surface area contributed by atoms with Crippen LogP contribution in [0.25, 0.3) is 16.6 Å². The average Bonchev–Trinajstić information content (AvgIpc) is 3.83. The second-order valence-corrected chi connectivity index (χ2v) is 15.3. The largest absolute Gasteiger partial charge is 0.477 e. The molecule has 0 bridgehead atoms. The maximum Gasteiger partial charge on any atom is 0.352 e. The van der Waals surface area contributed by atoms with E-state index in [9.17, 15) is 37.5 Å². The van der Waals surface area contributed by atoms with E-state index in [-0.39, 0.29) is 28.9 Å². The van der Waals surface area contributed by atoms with Gasteiger partial charge in [-0.05, 0) is 83.4 Å². The van der Waals surface area contributed by atoms with Gasteiger partial charge in [0.2, 0.25) is 5.91 Å². The maximum atomic E-state index is 13.7. The van der Waals surface area contributed by atoms with Crippen molar-refractivity contribution in [1.82, 2.24) is 35.4 Å². The number of nitrogens with one attached hydrogen (secondary N) is 5. The summed E-state index contributed by atoms with van der Waals surface area (Å²) < 4.78 is 25.0. The molecule has 6 N–H and O–H groups in total. The number of sulfone groups is 1. The van der Waals surface area contributed by atoms with Crippen molar-refractivity contribution in [3.8, 4) is 5.69 Å². The molecule has 5 amide bonds. The van der Waals surface area contributed by atoms with Gasteiger partial charge >= 0.3 is 23.8 Å². The standard InChI is InChI=1S/C34H33ClN10O8S/c1-54(52,53)24-10-12-44(13-11-24)34(51)38-22-5-2-19(3-6-22)14-27(30(46)37-23-7-8-25-20(15-23)16-28(39-25)33(49)50)41-32(48)31(47)40-26-17-21(35)4-9-29(26)45-18-36-42-43-45/h2-9,15-18,24,27,39H,10-14H2,1H3,(H,37,46)(H,38,51)(H,40,47)(H,41,48)(H,49,50)/t27-/m0/s1. The molecule has 1 saturated heterocycles. The summed E-state index contributed by atoms with van der Waals surface area (Å²) in [5, 5.41) is 31.1. The molecule has 1 aliphatic rings. The fourth-order valence-corrected chi connectivity index (χ4v) is 7.14. The number of rotatable bonds is 10. The molecule has 18 nitrogen and oxygen atoms in total. The predicted molar refractivity (Wildman–Crippen MR) is 197 cm³/mol. The molecule has 20 heteroatoms. The van der Waals surface area contributed by atoms with Gasteiger partial charge < -0.3 is 36.3 Å². The van der Waals surface area contributed by atoms with Gasteiger partial charge in [-0.25, -0.2) is 18.0 Å². The molecule has 54 heavy (non-hydrogen) atoms. The minimum Gasteiger partial charge on any atom is -0.477 e. The van der Waals surface area contributed by atoms with Crippen LogP contribution >= 0.6 is 11.6 Å². The minimum absolute atomic E-state index is 0.0382. The molecule has 3 aromatic carbocycles. The lowest BCUT2D eigenvalue weighted by Gasteiger charge is -2.31. The first-order valence-electron chi connectivity index (χ1n) is 16.4. The van der Waals surface area contributed by atoms with E-state index >= 15 is 0 Å². The Kier molecular flexibility index (Phi) is 10.9. The van der Waals surface area contributed by atoms with Gasteiger partial charge in [0.25, 0.3) is 0 Å². The summed E-state index contributed by atoms with van der Waals surface area (Å²) in [6.07, 6.45) is 3.09. The highest BCUT2D eigenvalue weighted by atomic mass is 35.5. The van der Waals surface area contributed by atoms with E-state index in [0.29, 0.717) is 59.5 Å². The third-order valence-electron chi connectivity index (χ3n) is 8.73. The SMILES string of the molecule is CS(=O)(=O)C1CCN(C(=O)Nc2ccc(C[C@H](NC(=O)C(=O)Nc3cc(Cl)ccc3-n3cnnn3)C(=O)Nc3ccc4[nH]c(C(=O)O)cc4c3)cc2)CC1. The van der Waals surface area contributed by atoms with E-state index in [4.69, 9.17) is 11.6 Å². The molecule has 2 aromatic heterocycles. The number of anilines is 3. The van der Waals surface area contributed by atoms with Crippen LogP contribution < -0.4 is 21.3 Å². The molecule has 0 unspecified atom stereocenters. The van der Waals surface area contributed by atoms with Crippen LogP contribution in [0.15, 0.2) is 73.1 Å². The lowest BCUT2D eigenvalue weighted by atomic mass is 10.0. The predicted octanol–water partition coefficient (Wildman–Crippen LogP) is 2.84. The van der Waals surface area contributed by atoms with Crippen molar-refractivity contribution < 1.29 is 37.5 Å². The summed E-state index contributed by atoms with van der Waals surface area (Å²) in [7, 11) is -3.19. The first kappa shape index (κ1) is 37.4. The number of carbonyl (C=O) groups is 5. The number of carboxylic acids is 1. The van der Waals surface area contributed by atoms with Crippen molar-refractivity contribution in [3.05, 3.63) is 89.3 Å². The summed E-state index contributed by atoms with van der Waals surface area (Å²) in [6.45, 7) is 0.583. The Morgan fingerprint density at radius 2 is 1.65 bits per heavy atom. The van der Waals surface area contributed by atoms with Gasteiger partial charge in [-0.2, -0.15) is 4.68 Å². The van der Waals surface area contributed by atoms with Crippen LogP contribution in [0.4, 0.5) is 21.9 Å². The molecule has 0 radical (unpaired) electrons. The van der Waals surface area contributed by atoms with E-state index in [1.807, 2.05) is 0 Å². The molecule has 0 saturated carbocycles. The van der Waals surface area contributed by atoms with Gasteiger partial charge in [-0.3, -0.25) is 14.4 Å². The third-order valence-corrected chi connectivity index (χ3v) is 10.6. The highest BCUT2D eigenvalue weighted by molar-refractivity contribution is 7.91. The summed E-state index contributed by atoms with van der Waals surface area (Å²) >= 11 is 6.14. The minimum atomic E-state index is -3.19. The number of hydrogen-bond acceptors (Lipinski definition) is 10. The number of amides is 5. The van der Waals surface area contributed by atoms with Gasteiger partial charge in [-0.15, -0.1) is 5.10 Å². The van der Waals surface area contributed by atoms with Crippen LogP contribution in [-0.2, 0) is 30.6 Å². The van der Waals surface area contributed by atoms with Crippen molar-refractivity contribution >= 4 is 79.1 Å².